The summed E-state index contributed by atoms with van der Waals surface area (Å²) in [6, 6.07) is 13.5. The molecule has 3 rings (SSSR count). The van der Waals surface area contributed by atoms with E-state index in [0.717, 1.165) is 29.1 Å². The highest BCUT2D eigenvalue weighted by atomic mass is 32.2. The fraction of sp³-hybridized carbons (Fsp3) is 0.435. The molecule has 1 saturated carbocycles. The van der Waals surface area contributed by atoms with Gasteiger partial charge in [-0.15, -0.1) is 0 Å². The smallest absolute Gasteiger partial charge is 0.264 e. The normalized spacial score (nSPS) is 19.2. The molecule has 2 atom stereocenters. The minimum absolute atomic E-state index is 0.0767. The van der Waals surface area contributed by atoms with Crippen LogP contribution in [0.4, 0.5) is 5.69 Å². The van der Waals surface area contributed by atoms with Crippen LogP contribution in [0.5, 0.6) is 5.75 Å². The number of hydrogen-bond donors (Lipinski definition) is 1. The van der Waals surface area contributed by atoms with Gasteiger partial charge in [-0.05, 0) is 49.9 Å². The summed E-state index contributed by atoms with van der Waals surface area (Å²) in [5.41, 5.74) is 1.30. The summed E-state index contributed by atoms with van der Waals surface area (Å²) in [6.45, 7) is 3.72. The van der Waals surface area contributed by atoms with Crippen LogP contribution in [-0.2, 0) is 14.8 Å². The molecule has 0 saturated heterocycles. The third-order valence-electron chi connectivity index (χ3n) is 5.71. The number of amides is 1. The van der Waals surface area contributed by atoms with Crippen LogP contribution in [0.1, 0.15) is 38.2 Å². The van der Waals surface area contributed by atoms with Gasteiger partial charge in [0.25, 0.3) is 10.0 Å². The molecule has 0 radical (unpaired) electrons. The van der Waals surface area contributed by atoms with Crippen molar-refractivity contribution < 1.29 is 17.9 Å². The largest absolute Gasteiger partial charge is 0.495 e. The average Bonchev–Trinajstić information content (AvgIpc) is 2.74. The Morgan fingerprint density at radius 2 is 1.77 bits per heavy atom. The number of rotatable bonds is 7. The molecule has 1 fully saturated rings. The third-order valence-corrected chi connectivity index (χ3v) is 7.48. The maximum absolute atomic E-state index is 13.5. The van der Waals surface area contributed by atoms with E-state index in [4.69, 9.17) is 4.74 Å². The van der Waals surface area contributed by atoms with Gasteiger partial charge in [0.1, 0.15) is 12.3 Å². The SMILES string of the molecule is COc1ccccc1N(CC(=O)N[C@H]1CCCC[C@@H]1C)S(=O)(=O)c1ccc(C)cc1. The first kappa shape index (κ1) is 22.2. The summed E-state index contributed by atoms with van der Waals surface area (Å²) >= 11 is 0. The molecule has 162 valence electrons. The molecule has 7 heteroatoms. The number of sulfonamides is 1. The highest BCUT2D eigenvalue weighted by molar-refractivity contribution is 7.92. The van der Waals surface area contributed by atoms with Crippen molar-refractivity contribution in [1.82, 2.24) is 5.32 Å². The first-order valence-corrected chi connectivity index (χ1v) is 11.8. The monoisotopic (exact) mass is 430 g/mol. The van der Waals surface area contributed by atoms with Gasteiger partial charge >= 0.3 is 0 Å². The highest BCUT2D eigenvalue weighted by Gasteiger charge is 2.31. The summed E-state index contributed by atoms with van der Waals surface area (Å²) in [5, 5.41) is 3.05. The number of anilines is 1. The molecular weight excluding hydrogens is 400 g/mol. The van der Waals surface area contributed by atoms with E-state index in [9.17, 15) is 13.2 Å². The van der Waals surface area contributed by atoms with Gasteiger partial charge in [-0.1, -0.05) is 49.6 Å². The lowest BCUT2D eigenvalue weighted by Gasteiger charge is -2.31. The van der Waals surface area contributed by atoms with Crippen LogP contribution < -0.4 is 14.4 Å². The summed E-state index contributed by atoms with van der Waals surface area (Å²) in [6.07, 6.45) is 4.24. The number of aryl methyl sites for hydroxylation is 1. The summed E-state index contributed by atoms with van der Waals surface area (Å²) in [4.78, 5) is 13.1. The second-order valence-corrected chi connectivity index (χ2v) is 9.79. The fourth-order valence-electron chi connectivity index (χ4n) is 3.89. The Labute approximate surface area is 179 Å². The zero-order chi connectivity index (χ0) is 21.7. The van der Waals surface area contributed by atoms with Crippen LogP contribution in [0.2, 0.25) is 0 Å². The van der Waals surface area contributed by atoms with Gasteiger partial charge < -0.3 is 10.1 Å². The van der Waals surface area contributed by atoms with Crippen molar-refractivity contribution in [3.05, 3.63) is 54.1 Å². The fourth-order valence-corrected chi connectivity index (χ4v) is 5.32. The van der Waals surface area contributed by atoms with Gasteiger partial charge in [-0.3, -0.25) is 9.10 Å². The van der Waals surface area contributed by atoms with Crippen molar-refractivity contribution >= 4 is 21.6 Å². The van der Waals surface area contributed by atoms with Crippen molar-refractivity contribution in [2.24, 2.45) is 5.92 Å². The molecule has 1 aliphatic rings. The molecular formula is C23H30N2O4S. The molecule has 30 heavy (non-hydrogen) atoms. The first-order valence-electron chi connectivity index (χ1n) is 10.3. The van der Waals surface area contributed by atoms with E-state index in [1.807, 2.05) is 6.92 Å². The lowest BCUT2D eigenvalue weighted by atomic mass is 9.86. The van der Waals surface area contributed by atoms with Crippen molar-refractivity contribution in [2.75, 3.05) is 18.0 Å². The van der Waals surface area contributed by atoms with Gasteiger partial charge in [0.2, 0.25) is 5.91 Å². The zero-order valence-corrected chi connectivity index (χ0v) is 18.6. The summed E-state index contributed by atoms with van der Waals surface area (Å²) in [5.74, 6) is 0.471. The number of nitrogens with one attached hydrogen (secondary N) is 1. The van der Waals surface area contributed by atoms with Crippen molar-refractivity contribution in [3.63, 3.8) is 0 Å². The Kier molecular flexibility index (Phi) is 7.02. The van der Waals surface area contributed by atoms with Crippen molar-refractivity contribution in [2.45, 2.75) is 50.5 Å². The standard InChI is InChI=1S/C23H30N2O4S/c1-17-12-14-19(15-13-17)30(27,28)25(21-10-6-7-11-22(21)29-3)16-23(26)24-20-9-5-4-8-18(20)2/h6-7,10-15,18,20H,4-5,8-9,16H2,1-3H3,(H,24,26)/t18-,20-/m0/s1. The van der Waals surface area contributed by atoms with Gasteiger partial charge in [-0.2, -0.15) is 0 Å². The third kappa shape index (κ3) is 4.95. The molecule has 0 heterocycles. The maximum Gasteiger partial charge on any atom is 0.264 e. The number of hydrogen-bond acceptors (Lipinski definition) is 4. The predicted octanol–water partition coefficient (Wildman–Crippen LogP) is 3.89. The van der Waals surface area contributed by atoms with E-state index in [0.29, 0.717) is 17.4 Å². The van der Waals surface area contributed by atoms with Gasteiger partial charge in [0.05, 0.1) is 17.7 Å². The quantitative estimate of drug-likeness (QED) is 0.723. The Hall–Kier alpha value is -2.54. The maximum atomic E-state index is 13.5. The van der Waals surface area contributed by atoms with E-state index >= 15 is 0 Å². The molecule has 0 unspecified atom stereocenters. The number of carbonyl (C=O) groups excluding carboxylic acids is 1. The van der Waals surface area contributed by atoms with Gasteiger partial charge in [0, 0.05) is 6.04 Å². The minimum atomic E-state index is -3.96. The summed E-state index contributed by atoms with van der Waals surface area (Å²) in [7, 11) is -2.47. The number of methoxy groups -OCH3 is 1. The molecule has 0 aromatic heterocycles. The van der Waals surface area contributed by atoms with Crippen LogP contribution in [-0.4, -0.2) is 34.0 Å². The van der Waals surface area contributed by atoms with Crippen LogP contribution >= 0.6 is 0 Å². The molecule has 2 aromatic rings. The minimum Gasteiger partial charge on any atom is -0.495 e. The molecule has 6 nitrogen and oxygen atoms in total. The Bertz CT molecular complexity index is 973. The van der Waals surface area contributed by atoms with Gasteiger partial charge in [0.15, 0.2) is 0 Å². The number of benzene rings is 2. The van der Waals surface area contributed by atoms with Crippen molar-refractivity contribution in [1.29, 1.82) is 0 Å². The molecule has 0 aliphatic heterocycles. The lowest BCUT2D eigenvalue weighted by molar-refractivity contribution is -0.120. The first-order chi connectivity index (χ1) is 14.3. The number of nitrogens with zero attached hydrogens (tertiary/aromatic N) is 1. The lowest BCUT2D eigenvalue weighted by Crippen LogP contribution is -2.47. The Morgan fingerprint density at radius 1 is 1.10 bits per heavy atom. The number of para-hydroxylation sites is 2. The molecule has 1 amide bonds. The number of ether oxygens (including phenoxy) is 1. The molecule has 2 aromatic carbocycles. The Morgan fingerprint density at radius 3 is 2.43 bits per heavy atom. The second-order valence-electron chi connectivity index (χ2n) is 7.93. The molecule has 1 N–H and O–H groups in total. The highest BCUT2D eigenvalue weighted by Crippen LogP contribution is 2.32. The molecule has 1 aliphatic carbocycles. The average molecular weight is 431 g/mol. The van der Waals surface area contributed by atoms with Crippen molar-refractivity contribution in [3.8, 4) is 5.75 Å². The Balaban J connectivity index is 1.93. The van der Waals surface area contributed by atoms with E-state index in [2.05, 4.69) is 12.2 Å². The second kappa shape index (κ2) is 9.51. The van der Waals surface area contributed by atoms with E-state index in [1.165, 1.54) is 13.5 Å². The molecule has 0 spiro atoms. The van der Waals surface area contributed by atoms with Crippen LogP contribution in [0.25, 0.3) is 0 Å². The van der Waals surface area contributed by atoms with Gasteiger partial charge in [-0.25, -0.2) is 8.42 Å². The zero-order valence-electron chi connectivity index (χ0n) is 17.8. The predicted molar refractivity (Wildman–Crippen MR) is 118 cm³/mol. The van der Waals surface area contributed by atoms with Crippen LogP contribution in [0.15, 0.2) is 53.4 Å². The van der Waals surface area contributed by atoms with E-state index < -0.39 is 10.0 Å². The summed E-state index contributed by atoms with van der Waals surface area (Å²) < 4.78 is 33.5. The van der Waals surface area contributed by atoms with Crippen LogP contribution in [0.3, 0.4) is 0 Å². The number of carbonyl (C=O) groups is 1. The topological polar surface area (TPSA) is 75.7 Å². The van der Waals surface area contributed by atoms with Crippen LogP contribution in [0, 0.1) is 12.8 Å². The van der Waals surface area contributed by atoms with E-state index in [-0.39, 0.29) is 23.4 Å². The van der Waals surface area contributed by atoms with E-state index in [1.54, 1.807) is 48.5 Å². The molecule has 0 bridgehead atoms.